The van der Waals surface area contributed by atoms with Crippen LogP contribution in [0, 0.1) is 12.8 Å². The number of rotatable bonds is 5. The summed E-state index contributed by atoms with van der Waals surface area (Å²) in [6.07, 6.45) is 2.35. The second kappa shape index (κ2) is 8.28. The van der Waals surface area contributed by atoms with Crippen LogP contribution in [0.1, 0.15) is 24.0 Å². The zero-order valence-corrected chi connectivity index (χ0v) is 17.5. The Morgan fingerprint density at radius 3 is 2.93 bits per heavy atom. The second-order valence-corrected chi connectivity index (χ2v) is 8.61. The Bertz CT molecular complexity index is 1020. The highest BCUT2D eigenvalue weighted by molar-refractivity contribution is 5.88. The molecule has 5 rings (SSSR count). The van der Waals surface area contributed by atoms with E-state index in [1.54, 1.807) is 0 Å². The molecule has 0 radical (unpaired) electrons. The number of fused-ring (bicyclic) bond motifs is 2. The third-order valence-electron chi connectivity index (χ3n) is 6.57. The number of piperidine rings is 1. The number of hydrogen-bond donors (Lipinski definition) is 1. The molecule has 2 aliphatic heterocycles. The first-order valence-electron chi connectivity index (χ1n) is 10.9. The number of benzene rings is 2. The Balaban J connectivity index is 1.19. The predicted octanol–water partition coefficient (Wildman–Crippen LogP) is 3.61. The molecule has 158 valence electrons. The molecule has 0 unspecified atom stereocenters. The predicted molar refractivity (Wildman–Crippen MR) is 117 cm³/mol. The van der Waals surface area contributed by atoms with Gasteiger partial charge in [0.1, 0.15) is 5.75 Å². The largest absolute Gasteiger partial charge is 0.493 e. The monoisotopic (exact) mass is 407 g/mol. The van der Waals surface area contributed by atoms with Crippen LogP contribution in [-0.2, 0) is 6.61 Å². The molecule has 3 heterocycles. The molecule has 2 fully saturated rings. The van der Waals surface area contributed by atoms with E-state index >= 15 is 0 Å². The van der Waals surface area contributed by atoms with Crippen molar-refractivity contribution >= 4 is 16.8 Å². The summed E-state index contributed by atoms with van der Waals surface area (Å²) in [5, 5.41) is 14.8. The summed E-state index contributed by atoms with van der Waals surface area (Å²) in [5.74, 6) is 2.42. The van der Waals surface area contributed by atoms with Gasteiger partial charge in [-0.25, -0.2) is 0 Å². The van der Waals surface area contributed by atoms with Crippen LogP contribution < -0.4 is 9.64 Å². The number of aromatic nitrogens is 1. The molecular weight excluding hydrogens is 378 g/mol. The molecule has 6 nitrogen and oxygen atoms in total. The minimum Gasteiger partial charge on any atom is -0.493 e. The molecule has 0 bridgehead atoms. The third kappa shape index (κ3) is 3.77. The smallest absolute Gasteiger partial charge is 0.180 e. The van der Waals surface area contributed by atoms with Crippen LogP contribution in [-0.4, -0.2) is 54.0 Å². The fraction of sp³-hybridized carbons (Fsp3) is 0.458. The summed E-state index contributed by atoms with van der Waals surface area (Å²) >= 11 is 0. The maximum atomic E-state index is 9.37. The molecule has 3 aromatic rings. The minimum atomic E-state index is 0.0484. The Labute approximate surface area is 177 Å². The average Bonchev–Trinajstić information content (AvgIpc) is 3.22. The number of hydrogen-bond acceptors (Lipinski definition) is 6. The lowest BCUT2D eigenvalue weighted by Crippen LogP contribution is -2.57. The van der Waals surface area contributed by atoms with E-state index in [9.17, 15) is 5.11 Å². The van der Waals surface area contributed by atoms with Crippen LogP contribution in [0.3, 0.4) is 0 Å². The van der Waals surface area contributed by atoms with Crippen LogP contribution in [0.15, 0.2) is 47.0 Å². The summed E-state index contributed by atoms with van der Waals surface area (Å²) in [4.78, 5) is 5.00. The topological polar surface area (TPSA) is 62.0 Å². The summed E-state index contributed by atoms with van der Waals surface area (Å²) in [6, 6.07) is 14.6. The van der Waals surface area contributed by atoms with Gasteiger partial charge in [0.25, 0.3) is 0 Å². The highest BCUT2D eigenvalue weighted by Gasteiger charge is 2.34. The standard InChI is InChI=1S/C24H29N3O3/c1-17-6-7-18(15-28)12-23(17)29-16-19-8-9-20-14-27(11-10-26(20)13-19)24-21-4-2-3-5-22(21)30-25-24/h2-7,12,19-20,28H,8-11,13-16H2,1H3/t19-,20-/m0/s1. The number of para-hydroxylation sites is 1. The lowest BCUT2D eigenvalue weighted by Gasteiger charge is -2.46. The first-order chi connectivity index (χ1) is 14.7. The first kappa shape index (κ1) is 19.4. The highest BCUT2D eigenvalue weighted by Crippen LogP contribution is 2.31. The average molecular weight is 408 g/mol. The van der Waals surface area contributed by atoms with Gasteiger partial charge in [-0.2, -0.15) is 0 Å². The SMILES string of the molecule is Cc1ccc(CO)cc1OC[C@H]1CC[C@H]2CN(c3noc4ccccc34)CCN2C1. The molecule has 2 aliphatic rings. The quantitative estimate of drug-likeness (QED) is 0.697. The number of aliphatic hydroxyl groups excluding tert-OH is 1. The maximum absolute atomic E-state index is 9.37. The van der Waals surface area contributed by atoms with E-state index in [4.69, 9.17) is 9.26 Å². The van der Waals surface area contributed by atoms with Crippen LogP contribution in [0.5, 0.6) is 5.75 Å². The van der Waals surface area contributed by atoms with Gasteiger partial charge in [-0.1, -0.05) is 29.4 Å². The van der Waals surface area contributed by atoms with Crippen molar-refractivity contribution in [2.75, 3.05) is 37.7 Å². The summed E-state index contributed by atoms with van der Waals surface area (Å²) in [6.45, 7) is 6.93. The van der Waals surface area contributed by atoms with E-state index in [1.165, 1.54) is 12.8 Å². The first-order valence-corrected chi connectivity index (χ1v) is 10.9. The Morgan fingerprint density at radius 2 is 2.03 bits per heavy atom. The second-order valence-electron chi connectivity index (χ2n) is 8.61. The molecule has 0 saturated carbocycles. The molecule has 2 atom stereocenters. The molecule has 6 heteroatoms. The Hall–Kier alpha value is -2.57. The van der Waals surface area contributed by atoms with Crippen molar-refractivity contribution in [2.45, 2.75) is 32.4 Å². The number of piperazine rings is 1. The van der Waals surface area contributed by atoms with Crippen LogP contribution in [0.4, 0.5) is 5.82 Å². The Kier molecular flexibility index (Phi) is 5.35. The van der Waals surface area contributed by atoms with Crippen molar-refractivity contribution < 1.29 is 14.4 Å². The van der Waals surface area contributed by atoms with E-state index < -0.39 is 0 Å². The molecule has 0 spiro atoms. The number of nitrogens with zero attached hydrogens (tertiary/aromatic N) is 3. The molecule has 2 saturated heterocycles. The number of aliphatic hydroxyl groups is 1. The van der Waals surface area contributed by atoms with Crippen molar-refractivity contribution in [3.8, 4) is 5.75 Å². The summed E-state index contributed by atoms with van der Waals surface area (Å²) in [7, 11) is 0. The van der Waals surface area contributed by atoms with Gasteiger partial charge in [-0.3, -0.25) is 4.90 Å². The van der Waals surface area contributed by atoms with Crippen molar-refractivity contribution in [1.82, 2.24) is 10.1 Å². The molecular formula is C24H29N3O3. The normalized spacial score (nSPS) is 22.3. The molecule has 1 aromatic heterocycles. The highest BCUT2D eigenvalue weighted by atomic mass is 16.5. The lowest BCUT2D eigenvalue weighted by atomic mass is 9.91. The summed E-state index contributed by atoms with van der Waals surface area (Å²) in [5.41, 5.74) is 2.88. The molecule has 30 heavy (non-hydrogen) atoms. The van der Waals surface area contributed by atoms with Gasteiger partial charge in [0.15, 0.2) is 11.4 Å². The summed E-state index contributed by atoms with van der Waals surface area (Å²) < 4.78 is 11.7. The lowest BCUT2D eigenvalue weighted by molar-refractivity contribution is 0.0725. The van der Waals surface area contributed by atoms with Crippen molar-refractivity contribution in [1.29, 1.82) is 0 Å². The van der Waals surface area contributed by atoms with Gasteiger partial charge in [-0.15, -0.1) is 0 Å². The van der Waals surface area contributed by atoms with Crippen molar-refractivity contribution in [3.63, 3.8) is 0 Å². The third-order valence-corrected chi connectivity index (χ3v) is 6.57. The van der Waals surface area contributed by atoms with Gasteiger partial charge in [0, 0.05) is 38.1 Å². The number of aryl methyl sites for hydroxylation is 1. The van der Waals surface area contributed by atoms with E-state index in [0.717, 1.165) is 66.4 Å². The Morgan fingerprint density at radius 1 is 1.13 bits per heavy atom. The van der Waals surface area contributed by atoms with Crippen LogP contribution >= 0.6 is 0 Å². The van der Waals surface area contributed by atoms with Crippen molar-refractivity contribution in [3.05, 3.63) is 53.6 Å². The molecule has 0 amide bonds. The molecule has 0 aliphatic carbocycles. The molecule has 1 N–H and O–H groups in total. The zero-order chi connectivity index (χ0) is 20.5. The number of anilines is 1. The van der Waals surface area contributed by atoms with Gasteiger partial charge in [0.2, 0.25) is 0 Å². The van der Waals surface area contributed by atoms with Gasteiger partial charge in [0.05, 0.1) is 18.6 Å². The van der Waals surface area contributed by atoms with E-state index in [-0.39, 0.29) is 6.61 Å². The van der Waals surface area contributed by atoms with E-state index in [0.29, 0.717) is 12.0 Å². The zero-order valence-electron chi connectivity index (χ0n) is 17.5. The fourth-order valence-electron chi connectivity index (χ4n) is 4.79. The van der Waals surface area contributed by atoms with Crippen LogP contribution in [0.2, 0.25) is 0 Å². The van der Waals surface area contributed by atoms with Crippen LogP contribution in [0.25, 0.3) is 11.0 Å². The minimum absolute atomic E-state index is 0.0484. The van der Waals surface area contributed by atoms with Gasteiger partial charge in [-0.05, 0) is 49.1 Å². The van der Waals surface area contributed by atoms with Gasteiger partial charge >= 0.3 is 0 Å². The molecule has 2 aromatic carbocycles. The fourth-order valence-corrected chi connectivity index (χ4v) is 4.79. The van der Waals surface area contributed by atoms with E-state index in [2.05, 4.69) is 27.9 Å². The number of ether oxygens (including phenoxy) is 1. The van der Waals surface area contributed by atoms with Crippen molar-refractivity contribution in [2.24, 2.45) is 5.92 Å². The maximum Gasteiger partial charge on any atom is 0.180 e. The van der Waals surface area contributed by atoms with E-state index in [1.807, 2.05) is 36.4 Å². The van der Waals surface area contributed by atoms with Gasteiger partial charge < -0.3 is 19.3 Å².